The minimum Gasteiger partial charge on any atom is -0.365 e. The molecule has 0 saturated carbocycles. The van der Waals surface area contributed by atoms with Gasteiger partial charge in [0.1, 0.15) is 5.82 Å². The molecule has 25 heavy (non-hydrogen) atoms. The highest BCUT2D eigenvalue weighted by Crippen LogP contribution is 2.31. The Morgan fingerprint density at radius 2 is 2.04 bits per heavy atom. The molecule has 2 atom stereocenters. The van der Waals surface area contributed by atoms with Crippen molar-refractivity contribution in [3.8, 4) is 11.3 Å². The van der Waals surface area contributed by atoms with Gasteiger partial charge in [-0.25, -0.2) is 4.98 Å². The first-order chi connectivity index (χ1) is 12.3. The van der Waals surface area contributed by atoms with E-state index < -0.39 is 0 Å². The maximum atomic E-state index is 4.77. The Bertz CT molecular complexity index is 713. The van der Waals surface area contributed by atoms with E-state index in [1.165, 1.54) is 31.2 Å². The van der Waals surface area contributed by atoms with Gasteiger partial charge < -0.3 is 10.6 Å². The van der Waals surface area contributed by atoms with Crippen LogP contribution >= 0.6 is 0 Å². The number of anilines is 1. The lowest BCUT2D eigenvalue weighted by Gasteiger charge is -2.24. The van der Waals surface area contributed by atoms with Crippen LogP contribution in [0.1, 0.15) is 37.3 Å². The highest BCUT2D eigenvalue weighted by Gasteiger charge is 2.23. The molecular weight excluding hydrogens is 312 g/mol. The van der Waals surface area contributed by atoms with Crippen LogP contribution in [0.2, 0.25) is 0 Å². The average Bonchev–Trinajstić information content (AvgIpc) is 3.09. The Morgan fingerprint density at radius 3 is 2.84 bits per heavy atom. The highest BCUT2D eigenvalue weighted by molar-refractivity contribution is 5.59. The van der Waals surface area contributed by atoms with Crippen molar-refractivity contribution < 1.29 is 0 Å². The third-order valence-electron chi connectivity index (χ3n) is 5.24. The summed E-state index contributed by atoms with van der Waals surface area (Å²) in [4.78, 5) is 16.0. The summed E-state index contributed by atoms with van der Waals surface area (Å²) in [7, 11) is 2.19. The summed E-state index contributed by atoms with van der Waals surface area (Å²) >= 11 is 0. The summed E-state index contributed by atoms with van der Waals surface area (Å²) in [5.74, 6) is 0.842. The molecule has 2 N–H and O–H groups in total. The second kappa shape index (κ2) is 7.45. The van der Waals surface area contributed by atoms with E-state index in [0.29, 0.717) is 12.1 Å². The zero-order valence-electron chi connectivity index (χ0n) is 14.8. The molecule has 2 aliphatic rings. The molecule has 2 aromatic rings. The SMILES string of the molecule is CN1CCC[C@H]1c1cncc(-c2cncc(NC3CCCNC3)n2)c1. The lowest BCUT2D eigenvalue weighted by atomic mass is 10.0. The summed E-state index contributed by atoms with van der Waals surface area (Å²) in [5, 5.41) is 6.92. The fraction of sp³-hybridized carbons (Fsp3) is 0.526. The monoisotopic (exact) mass is 338 g/mol. The van der Waals surface area contributed by atoms with Gasteiger partial charge in [0.2, 0.25) is 0 Å². The number of hydrogen-bond acceptors (Lipinski definition) is 6. The number of hydrogen-bond donors (Lipinski definition) is 2. The van der Waals surface area contributed by atoms with Crippen molar-refractivity contribution in [2.45, 2.75) is 37.8 Å². The zero-order valence-corrected chi connectivity index (χ0v) is 14.8. The van der Waals surface area contributed by atoms with E-state index >= 15 is 0 Å². The smallest absolute Gasteiger partial charge is 0.145 e. The van der Waals surface area contributed by atoms with Crippen LogP contribution in [0.4, 0.5) is 5.82 Å². The van der Waals surface area contributed by atoms with Crippen LogP contribution in [0.5, 0.6) is 0 Å². The molecule has 0 aromatic carbocycles. The Labute approximate surface area is 149 Å². The van der Waals surface area contributed by atoms with Gasteiger partial charge in [-0.2, -0.15) is 0 Å². The predicted octanol–water partition coefficient (Wildman–Crippen LogP) is 2.47. The van der Waals surface area contributed by atoms with Gasteiger partial charge in [0.05, 0.1) is 18.1 Å². The van der Waals surface area contributed by atoms with E-state index in [0.717, 1.165) is 36.7 Å². The van der Waals surface area contributed by atoms with Gasteiger partial charge in [-0.05, 0) is 57.5 Å². The number of aromatic nitrogens is 3. The molecule has 6 nitrogen and oxygen atoms in total. The third-order valence-corrected chi connectivity index (χ3v) is 5.24. The van der Waals surface area contributed by atoms with Crippen molar-refractivity contribution in [3.05, 3.63) is 36.4 Å². The van der Waals surface area contributed by atoms with Crippen LogP contribution in [0.15, 0.2) is 30.9 Å². The topological polar surface area (TPSA) is 66.0 Å². The van der Waals surface area contributed by atoms with Crippen LogP contribution in [0.3, 0.4) is 0 Å². The summed E-state index contributed by atoms with van der Waals surface area (Å²) in [6.45, 7) is 3.25. The minimum atomic E-state index is 0.426. The number of nitrogens with one attached hydrogen (secondary N) is 2. The van der Waals surface area contributed by atoms with Gasteiger partial charge in [-0.15, -0.1) is 0 Å². The van der Waals surface area contributed by atoms with Crippen molar-refractivity contribution in [1.29, 1.82) is 0 Å². The lowest BCUT2D eigenvalue weighted by Crippen LogP contribution is -2.38. The molecule has 4 rings (SSSR count). The Hall–Kier alpha value is -2.05. The maximum absolute atomic E-state index is 4.77. The summed E-state index contributed by atoms with van der Waals surface area (Å²) in [5.41, 5.74) is 3.19. The Balaban J connectivity index is 1.54. The molecule has 2 aliphatic heterocycles. The quantitative estimate of drug-likeness (QED) is 0.893. The number of likely N-dealkylation sites (tertiary alicyclic amines) is 1. The van der Waals surface area contributed by atoms with E-state index in [9.17, 15) is 0 Å². The first-order valence-corrected chi connectivity index (χ1v) is 9.24. The molecule has 2 fully saturated rings. The molecule has 6 heteroatoms. The molecule has 0 amide bonds. The Morgan fingerprint density at radius 1 is 1.12 bits per heavy atom. The predicted molar refractivity (Wildman–Crippen MR) is 99.4 cm³/mol. The molecule has 132 valence electrons. The second-order valence-electron chi connectivity index (χ2n) is 7.12. The summed E-state index contributed by atoms with van der Waals surface area (Å²) in [6, 6.07) is 3.11. The van der Waals surface area contributed by atoms with E-state index in [2.05, 4.69) is 38.6 Å². The van der Waals surface area contributed by atoms with Crippen LogP contribution in [-0.4, -0.2) is 52.6 Å². The molecule has 0 bridgehead atoms. The van der Waals surface area contributed by atoms with Crippen molar-refractivity contribution in [2.75, 3.05) is 32.0 Å². The normalized spacial score (nSPS) is 24.4. The van der Waals surface area contributed by atoms with Crippen LogP contribution in [-0.2, 0) is 0 Å². The lowest BCUT2D eigenvalue weighted by molar-refractivity contribution is 0.317. The van der Waals surface area contributed by atoms with Gasteiger partial charge in [0, 0.05) is 36.6 Å². The molecule has 0 radical (unpaired) electrons. The standard InChI is InChI=1S/C19H26N6/c1-25-7-3-5-18(25)15-8-14(9-21-10-15)17-12-22-13-19(24-17)23-16-4-2-6-20-11-16/h8-10,12-13,16,18,20H,2-7,11H2,1H3,(H,23,24)/t16?,18-/m0/s1. The zero-order chi connectivity index (χ0) is 17.1. The maximum Gasteiger partial charge on any atom is 0.145 e. The van der Waals surface area contributed by atoms with Crippen molar-refractivity contribution >= 4 is 5.82 Å². The van der Waals surface area contributed by atoms with Gasteiger partial charge >= 0.3 is 0 Å². The third kappa shape index (κ3) is 3.80. The minimum absolute atomic E-state index is 0.426. The number of pyridine rings is 1. The van der Waals surface area contributed by atoms with E-state index in [1.807, 2.05) is 18.6 Å². The fourth-order valence-electron chi connectivity index (χ4n) is 3.87. The molecule has 2 saturated heterocycles. The van der Waals surface area contributed by atoms with E-state index in [-0.39, 0.29) is 0 Å². The van der Waals surface area contributed by atoms with Gasteiger partial charge in [0.25, 0.3) is 0 Å². The summed E-state index contributed by atoms with van der Waals surface area (Å²) < 4.78 is 0. The van der Waals surface area contributed by atoms with Crippen LogP contribution in [0, 0.1) is 0 Å². The fourth-order valence-corrected chi connectivity index (χ4v) is 3.87. The van der Waals surface area contributed by atoms with Crippen LogP contribution < -0.4 is 10.6 Å². The van der Waals surface area contributed by atoms with E-state index in [1.54, 1.807) is 6.20 Å². The van der Waals surface area contributed by atoms with Gasteiger partial charge in [0.15, 0.2) is 0 Å². The van der Waals surface area contributed by atoms with Crippen molar-refractivity contribution in [1.82, 2.24) is 25.2 Å². The van der Waals surface area contributed by atoms with Crippen LogP contribution in [0.25, 0.3) is 11.3 Å². The molecule has 0 aliphatic carbocycles. The van der Waals surface area contributed by atoms with Gasteiger partial charge in [-0.3, -0.25) is 14.9 Å². The second-order valence-corrected chi connectivity index (χ2v) is 7.12. The van der Waals surface area contributed by atoms with Gasteiger partial charge in [-0.1, -0.05) is 0 Å². The number of piperidine rings is 1. The molecular formula is C19H26N6. The molecule has 1 unspecified atom stereocenters. The number of rotatable bonds is 4. The Kier molecular flexibility index (Phi) is 4.90. The largest absolute Gasteiger partial charge is 0.365 e. The molecule has 0 spiro atoms. The first kappa shape index (κ1) is 16.4. The molecule has 2 aromatic heterocycles. The summed E-state index contributed by atoms with van der Waals surface area (Å²) in [6.07, 6.45) is 12.3. The number of nitrogens with zero attached hydrogens (tertiary/aromatic N) is 4. The van der Waals surface area contributed by atoms with Crippen molar-refractivity contribution in [2.24, 2.45) is 0 Å². The first-order valence-electron chi connectivity index (χ1n) is 9.24. The highest BCUT2D eigenvalue weighted by atomic mass is 15.1. The average molecular weight is 338 g/mol. The molecule has 4 heterocycles. The van der Waals surface area contributed by atoms with E-state index in [4.69, 9.17) is 4.98 Å². The van der Waals surface area contributed by atoms with Crippen molar-refractivity contribution in [3.63, 3.8) is 0 Å².